The molecular weight excluding hydrogens is 412 g/mol. The van der Waals surface area contributed by atoms with Crippen LogP contribution < -0.4 is 19.5 Å². The van der Waals surface area contributed by atoms with Gasteiger partial charge in [-0.2, -0.15) is 0 Å². The number of aromatic hydroxyl groups is 1. The number of phenols is 1. The summed E-state index contributed by atoms with van der Waals surface area (Å²) >= 11 is 0. The van der Waals surface area contributed by atoms with Gasteiger partial charge in [-0.05, 0) is 36.8 Å². The maximum atomic E-state index is 13.0. The van der Waals surface area contributed by atoms with Gasteiger partial charge in [-0.1, -0.05) is 0 Å². The second-order valence-electron chi connectivity index (χ2n) is 7.57. The van der Waals surface area contributed by atoms with Crippen LogP contribution in [0.2, 0.25) is 0 Å². The van der Waals surface area contributed by atoms with Gasteiger partial charge in [0, 0.05) is 36.7 Å². The lowest BCUT2D eigenvalue weighted by atomic mass is 9.98. The van der Waals surface area contributed by atoms with E-state index in [2.05, 4.69) is 15.5 Å². The molecule has 0 spiro atoms. The molecule has 1 aliphatic heterocycles. The number of methoxy groups -OCH3 is 3. The molecule has 2 heterocycles. The monoisotopic (exact) mass is 438 g/mol. The van der Waals surface area contributed by atoms with Crippen LogP contribution in [0.15, 0.2) is 36.4 Å². The number of nitrogens with zero attached hydrogens (tertiary/aromatic N) is 3. The number of nitrogens with one attached hydrogen (secondary N) is 1. The SMILES string of the molecule is COc1cc(OC)c(OC)cc1CNC(=O)C1CCc2nnc(-c3ccc(O)cc3)n2C1. The van der Waals surface area contributed by atoms with Gasteiger partial charge < -0.3 is 29.2 Å². The molecule has 0 fully saturated rings. The van der Waals surface area contributed by atoms with Crippen LogP contribution in [0.25, 0.3) is 11.4 Å². The van der Waals surface area contributed by atoms with Gasteiger partial charge in [0.1, 0.15) is 17.3 Å². The van der Waals surface area contributed by atoms with Gasteiger partial charge >= 0.3 is 0 Å². The first-order valence-electron chi connectivity index (χ1n) is 10.3. The van der Waals surface area contributed by atoms with Crippen molar-refractivity contribution < 1.29 is 24.1 Å². The number of hydrogen-bond acceptors (Lipinski definition) is 7. The molecule has 0 saturated heterocycles. The van der Waals surface area contributed by atoms with Gasteiger partial charge in [0.05, 0.1) is 27.2 Å². The standard InChI is InChI=1S/C23H26N4O5/c1-30-18-11-20(32-3)19(31-2)10-16(18)12-24-23(29)15-6-9-21-25-26-22(27(21)13-15)14-4-7-17(28)8-5-14/h4-5,7-8,10-11,15,28H,6,9,12-13H2,1-3H3,(H,24,29). The van der Waals surface area contributed by atoms with Crippen molar-refractivity contribution >= 4 is 5.91 Å². The molecule has 1 unspecified atom stereocenters. The summed E-state index contributed by atoms with van der Waals surface area (Å²) in [6.45, 7) is 0.798. The predicted molar refractivity (Wildman–Crippen MR) is 117 cm³/mol. The van der Waals surface area contributed by atoms with Gasteiger partial charge in [0.2, 0.25) is 5.91 Å². The molecule has 1 atom stereocenters. The topological polar surface area (TPSA) is 108 Å². The zero-order valence-corrected chi connectivity index (χ0v) is 18.3. The minimum Gasteiger partial charge on any atom is -0.508 e. The molecule has 0 saturated carbocycles. The van der Waals surface area contributed by atoms with Crippen molar-refractivity contribution in [3.8, 4) is 34.4 Å². The van der Waals surface area contributed by atoms with Crippen molar-refractivity contribution in [2.45, 2.75) is 25.9 Å². The third-order valence-corrected chi connectivity index (χ3v) is 5.68. The lowest BCUT2D eigenvalue weighted by molar-refractivity contribution is -0.126. The number of hydrogen-bond donors (Lipinski definition) is 2. The molecular formula is C23H26N4O5. The Labute approximate surface area is 185 Å². The highest BCUT2D eigenvalue weighted by molar-refractivity contribution is 5.79. The molecule has 3 aromatic rings. The van der Waals surface area contributed by atoms with E-state index in [1.54, 1.807) is 57.7 Å². The highest BCUT2D eigenvalue weighted by Gasteiger charge is 2.28. The molecule has 168 valence electrons. The van der Waals surface area contributed by atoms with Crippen LogP contribution in [0.3, 0.4) is 0 Å². The number of ether oxygens (including phenoxy) is 3. The highest BCUT2D eigenvalue weighted by Crippen LogP contribution is 2.34. The summed E-state index contributed by atoms with van der Waals surface area (Å²) in [6.07, 6.45) is 1.37. The van der Waals surface area contributed by atoms with E-state index in [-0.39, 0.29) is 17.6 Å². The lowest BCUT2D eigenvalue weighted by Crippen LogP contribution is -2.36. The molecule has 1 aromatic heterocycles. The normalized spacial score (nSPS) is 15.0. The summed E-state index contributed by atoms with van der Waals surface area (Å²) in [5.41, 5.74) is 1.64. The lowest BCUT2D eigenvalue weighted by Gasteiger charge is -2.24. The summed E-state index contributed by atoms with van der Waals surface area (Å²) in [5, 5.41) is 21.1. The maximum absolute atomic E-state index is 13.0. The van der Waals surface area contributed by atoms with Crippen LogP contribution in [0, 0.1) is 5.92 Å². The van der Waals surface area contributed by atoms with Crippen molar-refractivity contribution in [2.24, 2.45) is 5.92 Å². The van der Waals surface area contributed by atoms with Gasteiger partial charge in [0.25, 0.3) is 0 Å². The first kappa shape index (κ1) is 21.5. The predicted octanol–water partition coefficient (Wildman–Crippen LogP) is 2.56. The van der Waals surface area contributed by atoms with Crippen molar-refractivity contribution in [1.82, 2.24) is 20.1 Å². The molecule has 4 rings (SSSR count). The molecule has 0 bridgehead atoms. The molecule has 9 heteroatoms. The Morgan fingerprint density at radius 3 is 2.44 bits per heavy atom. The van der Waals surface area contributed by atoms with E-state index >= 15 is 0 Å². The fraction of sp³-hybridized carbons (Fsp3) is 0.348. The largest absolute Gasteiger partial charge is 0.508 e. The fourth-order valence-electron chi connectivity index (χ4n) is 3.92. The minimum atomic E-state index is -0.208. The molecule has 0 aliphatic carbocycles. The summed E-state index contributed by atoms with van der Waals surface area (Å²) in [7, 11) is 4.71. The first-order chi connectivity index (χ1) is 15.5. The quantitative estimate of drug-likeness (QED) is 0.584. The summed E-state index contributed by atoms with van der Waals surface area (Å²) in [4.78, 5) is 13.0. The third kappa shape index (κ3) is 4.18. The Morgan fingerprint density at radius 2 is 1.75 bits per heavy atom. The van der Waals surface area contributed by atoms with Gasteiger partial charge in [0.15, 0.2) is 17.3 Å². The molecule has 32 heavy (non-hydrogen) atoms. The van der Waals surface area contributed by atoms with E-state index in [1.165, 1.54) is 0 Å². The number of benzene rings is 2. The van der Waals surface area contributed by atoms with Gasteiger partial charge in [-0.25, -0.2) is 0 Å². The zero-order chi connectivity index (χ0) is 22.7. The summed E-state index contributed by atoms with van der Waals surface area (Å²) in [6, 6.07) is 10.4. The van der Waals surface area contributed by atoms with E-state index in [9.17, 15) is 9.90 Å². The molecule has 2 aromatic carbocycles. The van der Waals surface area contributed by atoms with Crippen molar-refractivity contribution in [3.63, 3.8) is 0 Å². The van der Waals surface area contributed by atoms with E-state index in [0.29, 0.717) is 49.0 Å². The van der Waals surface area contributed by atoms with Crippen LogP contribution in [0.1, 0.15) is 17.8 Å². The Hall–Kier alpha value is -3.75. The van der Waals surface area contributed by atoms with E-state index in [0.717, 1.165) is 17.0 Å². The van der Waals surface area contributed by atoms with Crippen LogP contribution in [0.4, 0.5) is 0 Å². The molecule has 2 N–H and O–H groups in total. The molecule has 1 amide bonds. The Morgan fingerprint density at radius 1 is 1.06 bits per heavy atom. The number of aromatic nitrogens is 3. The summed E-state index contributed by atoms with van der Waals surface area (Å²) < 4.78 is 18.1. The third-order valence-electron chi connectivity index (χ3n) is 5.68. The minimum absolute atomic E-state index is 0.0437. The Kier molecular flexibility index (Phi) is 6.16. The van der Waals surface area contributed by atoms with Crippen molar-refractivity contribution in [3.05, 3.63) is 47.8 Å². The number of amides is 1. The number of aryl methyl sites for hydroxylation is 1. The zero-order valence-electron chi connectivity index (χ0n) is 18.3. The summed E-state index contributed by atoms with van der Waals surface area (Å²) in [5.74, 6) is 3.24. The molecule has 0 radical (unpaired) electrons. The highest BCUT2D eigenvalue weighted by atomic mass is 16.5. The molecule has 9 nitrogen and oxygen atoms in total. The molecule has 1 aliphatic rings. The van der Waals surface area contributed by atoms with E-state index in [4.69, 9.17) is 14.2 Å². The van der Waals surface area contributed by atoms with Gasteiger partial charge in [-0.3, -0.25) is 4.79 Å². The number of phenolic OH excluding ortho intramolecular Hbond substituents is 1. The average Bonchev–Trinajstić information content (AvgIpc) is 3.25. The van der Waals surface area contributed by atoms with E-state index in [1.807, 2.05) is 4.57 Å². The van der Waals surface area contributed by atoms with Crippen LogP contribution >= 0.6 is 0 Å². The van der Waals surface area contributed by atoms with E-state index < -0.39 is 0 Å². The Balaban J connectivity index is 1.47. The number of carbonyl (C=O) groups is 1. The van der Waals surface area contributed by atoms with Crippen molar-refractivity contribution in [1.29, 1.82) is 0 Å². The number of fused-ring (bicyclic) bond motifs is 1. The average molecular weight is 438 g/mol. The first-order valence-corrected chi connectivity index (χ1v) is 10.3. The second kappa shape index (κ2) is 9.17. The van der Waals surface area contributed by atoms with Gasteiger partial charge in [-0.15, -0.1) is 10.2 Å². The van der Waals surface area contributed by atoms with Crippen LogP contribution in [-0.4, -0.2) is 47.1 Å². The second-order valence-corrected chi connectivity index (χ2v) is 7.57. The van der Waals surface area contributed by atoms with Crippen LogP contribution in [0.5, 0.6) is 23.0 Å². The number of rotatable bonds is 7. The maximum Gasteiger partial charge on any atom is 0.225 e. The van der Waals surface area contributed by atoms with Crippen molar-refractivity contribution in [2.75, 3.05) is 21.3 Å². The fourth-order valence-corrected chi connectivity index (χ4v) is 3.92. The Bertz CT molecular complexity index is 1110. The smallest absolute Gasteiger partial charge is 0.225 e. The van der Waals surface area contributed by atoms with Crippen LogP contribution in [-0.2, 0) is 24.3 Å². The number of carbonyl (C=O) groups excluding carboxylic acids is 1.